The van der Waals surface area contributed by atoms with Crippen LogP contribution in [0.5, 0.6) is 0 Å². The van der Waals surface area contributed by atoms with Crippen LogP contribution in [0.25, 0.3) is 0 Å². The number of nitrogens with zero attached hydrogens (tertiary/aromatic N) is 1. The summed E-state index contributed by atoms with van der Waals surface area (Å²) in [7, 11) is 0. The first-order valence-corrected chi connectivity index (χ1v) is 5.37. The summed E-state index contributed by atoms with van der Waals surface area (Å²) in [4.78, 5) is 23.7. The predicted molar refractivity (Wildman–Crippen MR) is 54.2 cm³/mol. The fourth-order valence-corrected chi connectivity index (χ4v) is 2.47. The Kier molecular flexibility index (Phi) is 2.75. The molecule has 0 spiro atoms. The average Bonchev–Trinajstić information content (AvgIpc) is 2.15. The van der Waals surface area contributed by atoms with Crippen LogP contribution in [-0.2, 0) is 9.59 Å². The molecule has 0 aromatic rings. The fraction of sp³-hybridized carbons (Fsp3) is 0.636. The molecule has 0 saturated carbocycles. The summed E-state index contributed by atoms with van der Waals surface area (Å²) >= 11 is 0. The summed E-state index contributed by atoms with van der Waals surface area (Å²) in [5.74, 6) is -0.814. The van der Waals surface area contributed by atoms with Gasteiger partial charge in [0, 0.05) is 6.04 Å². The molecule has 2 unspecified atom stereocenters. The third-order valence-corrected chi connectivity index (χ3v) is 3.21. The van der Waals surface area contributed by atoms with Gasteiger partial charge < -0.3 is 10.0 Å². The van der Waals surface area contributed by atoms with Crippen molar-refractivity contribution in [1.82, 2.24) is 4.90 Å². The Morgan fingerprint density at radius 1 is 1.40 bits per heavy atom. The molecule has 1 aliphatic heterocycles. The van der Waals surface area contributed by atoms with Gasteiger partial charge in [0.2, 0.25) is 5.91 Å². The van der Waals surface area contributed by atoms with Crippen molar-refractivity contribution >= 4 is 11.9 Å². The molecule has 1 aliphatic carbocycles. The maximum absolute atomic E-state index is 11.6. The van der Waals surface area contributed by atoms with E-state index < -0.39 is 5.97 Å². The molecular weight excluding hydrogens is 194 g/mol. The first-order valence-electron chi connectivity index (χ1n) is 5.37. The number of rotatable bonds is 2. The van der Waals surface area contributed by atoms with Crippen LogP contribution in [0.2, 0.25) is 0 Å². The Balaban J connectivity index is 2.02. The van der Waals surface area contributed by atoms with E-state index in [2.05, 4.69) is 12.2 Å². The largest absolute Gasteiger partial charge is 0.480 e. The predicted octanol–water partition coefficient (Wildman–Crippen LogP) is 1.03. The molecule has 1 saturated heterocycles. The van der Waals surface area contributed by atoms with E-state index in [-0.39, 0.29) is 24.4 Å². The van der Waals surface area contributed by atoms with Gasteiger partial charge in [-0.05, 0) is 25.7 Å². The zero-order valence-corrected chi connectivity index (χ0v) is 8.56. The molecule has 2 atom stereocenters. The smallest absolute Gasteiger partial charge is 0.323 e. The first kappa shape index (κ1) is 10.2. The van der Waals surface area contributed by atoms with Crippen LogP contribution in [0.15, 0.2) is 12.2 Å². The molecular formula is C11H15NO3. The molecule has 2 rings (SSSR count). The van der Waals surface area contributed by atoms with E-state index in [4.69, 9.17) is 5.11 Å². The van der Waals surface area contributed by atoms with Crippen molar-refractivity contribution in [3.63, 3.8) is 0 Å². The van der Waals surface area contributed by atoms with Gasteiger partial charge in [-0.1, -0.05) is 12.2 Å². The van der Waals surface area contributed by atoms with Crippen molar-refractivity contribution in [2.75, 3.05) is 6.54 Å². The number of aliphatic carboxylic acids is 1. The number of allylic oxidation sites excluding steroid dienone is 2. The van der Waals surface area contributed by atoms with Crippen molar-refractivity contribution < 1.29 is 14.7 Å². The Morgan fingerprint density at radius 3 is 2.73 bits per heavy atom. The van der Waals surface area contributed by atoms with Crippen molar-refractivity contribution in [3.8, 4) is 0 Å². The lowest BCUT2D eigenvalue weighted by Crippen LogP contribution is -2.62. The van der Waals surface area contributed by atoms with E-state index in [0.29, 0.717) is 0 Å². The van der Waals surface area contributed by atoms with Crippen molar-refractivity contribution in [2.45, 2.75) is 31.7 Å². The highest BCUT2D eigenvalue weighted by Crippen LogP contribution is 2.34. The Morgan fingerprint density at radius 2 is 2.07 bits per heavy atom. The van der Waals surface area contributed by atoms with Crippen LogP contribution in [0.1, 0.15) is 25.7 Å². The summed E-state index contributed by atoms with van der Waals surface area (Å²) in [6.45, 7) is -0.135. The quantitative estimate of drug-likeness (QED) is 0.546. The molecule has 4 heteroatoms. The number of hydrogen-bond acceptors (Lipinski definition) is 2. The SMILES string of the molecule is O=C(O)CN1C(=O)C2CC/C=C\CCC21. The molecule has 1 heterocycles. The van der Waals surface area contributed by atoms with Gasteiger partial charge in [-0.2, -0.15) is 0 Å². The van der Waals surface area contributed by atoms with Crippen molar-refractivity contribution in [3.05, 3.63) is 12.2 Å². The molecule has 15 heavy (non-hydrogen) atoms. The van der Waals surface area contributed by atoms with E-state index in [0.717, 1.165) is 25.7 Å². The number of carbonyl (C=O) groups is 2. The van der Waals surface area contributed by atoms with Crippen molar-refractivity contribution in [1.29, 1.82) is 0 Å². The summed E-state index contributed by atoms with van der Waals surface area (Å²) in [6, 6.07) is 0.165. The molecule has 0 aromatic heterocycles. The number of carbonyl (C=O) groups excluding carboxylic acids is 1. The molecule has 0 radical (unpaired) electrons. The van der Waals surface area contributed by atoms with E-state index >= 15 is 0 Å². The number of hydrogen-bond donors (Lipinski definition) is 1. The van der Waals surface area contributed by atoms with Gasteiger partial charge in [-0.3, -0.25) is 9.59 Å². The molecule has 1 fully saturated rings. The molecule has 1 amide bonds. The van der Waals surface area contributed by atoms with Crippen LogP contribution in [0, 0.1) is 5.92 Å². The van der Waals surface area contributed by atoms with Gasteiger partial charge in [0.25, 0.3) is 0 Å². The summed E-state index contributed by atoms with van der Waals surface area (Å²) in [5.41, 5.74) is 0. The topological polar surface area (TPSA) is 57.6 Å². The number of likely N-dealkylation sites (tertiary alicyclic amines) is 1. The van der Waals surface area contributed by atoms with Crippen LogP contribution in [0.3, 0.4) is 0 Å². The number of carboxylic acid groups (broad SMARTS) is 1. The minimum atomic E-state index is -0.917. The highest BCUT2D eigenvalue weighted by atomic mass is 16.4. The average molecular weight is 209 g/mol. The third kappa shape index (κ3) is 1.89. The van der Waals surface area contributed by atoms with Crippen molar-refractivity contribution in [2.24, 2.45) is 5.92 Å². The van der Waals surface area contributed by atoms with Crippen LogP contribution < -0.4 is 0 Å². The number of β-lactam (4-membered cyclic amide) rings is 1. The normalized spacial score (nSPS) is 32.3. The lowest BCUT2D eigenvalue weighted by Gasteiger charge is -2.47. The fourth-order valence-electron chi connectivity index (χ4n) is 2.47. The van der Waals surface area contributed by atoms with E-state index in [1.807, 2.05) is 0 Å². The highest BCUT2D eigenvalue weighted by molar-refractivity contribution is 5.89. The van der Waals surface area contributed by atoms with Crippen LogP contribution >= 0.6 is 0 Å². The second-order valence-electron chi connectivity index (χ2n) is 4.16. The standard InChI is InChI=1S/C11H15NO3/c13-10(14)7-12-9-6-4-2-1-3-5-8(9)11(12)15/h1-2,8-9H,3-7H2,(H,13,14)/b2-1-. The summed E-state index contributed by atoms with van der Waals surface area (Å²) < 4.78 is 0. The lowest BCUT2D eigenvalue weighted by atomic mass is 9.80. The molecule has 1 N–H and O–H groups in total. The van der Waals surface area contributed by atoms with E-state index in [1.165, 1.54) is 4.90 Å². The number of fused-ring (bicyclic) bond motifs is 1. The third-order valence-electron chi connectivity index (χ3n) is 3.21. The van der Waals surface area contributed by atoms with E-state index in [9.17, 15) is 9.59 Å². The monoisotopic (exact) mass is 209 g/mol. The maximum atomic E-state index is 11.6. The van der Waals surface area contributed by atoms with Gasteiger partial charge in [-0.25, -0.2) is 0 Å². The Hall–Kier alpha value is -1.32. The molecule has 0 bridgehead atoms. The van der Waals surface area contributed by atoms with Gasteiger partial charge in [0.05, 0.1) is 5.92 Å². The van der Waals surface area contributed by atoms with Gasteiger partial charge in [0.15, 0.2) is 0 Å². The maximum Gasteiger partial charge on any atom is 0.323 e. The molecule has 82 valence electrons. The Labute approximate surface area is 88.6 Å². The molecule has 2 aliphatic rings. The lowest BCUT2D eigenvalue weighted by molar-refractivity contribution is -0.163. The zero-order chi connectivity index (χ0) is 10.8. The minimum absolute atomic E-state index is 0.0256. The van der Waals surface area contributed by atoms with Gasteiger partial charge in [0.1, 0.15) is 6.54 Å². The molecule has 0 aromatic carbocycles. The summed E-state index contributed by atoms with van der Waals surface area (Å²) in [6.07, 6.45) is 7.90. The second kappa shape index (κ2) is 4.04. The van der Waals surface area contributed by atoms with Crippen LogP contribution in [-0.4, -0.2) is 34.5 Å². The summed E-state index contributed by atoms with van der Waals surface area (Å²) in [5, 5.41) is 8.67. The number of carboxylic acids is 1. The Bertz CT molecular complexity index is 311. The zero-order valence-electron chi connectivity index (χ0n) is 8.56. The van der Waals surface area contributed by atoms with E-state index in [1.54, 1.807) is 0 Å². The number of amides is 1. The molecule has 4 nitrogen and oxygen atoms in total. The second-order valence-corrected chi connectivity index (χ2v) is 4.16. The van der Waals surface area contributed by atoms with Crippen LogP contribution in [0.4, 0.5) is 0 Å². The first-order chi connectivity index (χ1) is 7.20. The van der Waals surface area contributed by atoms with Gasteiger partial charge >= 0.3 is 5.97 Å². The minimum Gasteiger partial charge on any atom is -0.480 e. The van der Waals surface area contributed by atoms with Gasteiger partial charge in [-0.15, -0.1) is 0 Å². The highest BCUT2D eigenvalue weighted by Gasteiger charge is 2.46.